The molecule has 2 heterocycles. The lowest BCUT2D eigenvalue weighted by Crippen LogP contribution is -2.30. The monoisotopic (exact) mass is 370 g/mol. The molecule has 1 aromatic carbocycles. The number of nitrogens with zero attached hydrogens (tertiary/aromatic N) is 2. The molecule has 1 saturated carbocycles. The van der Waals surface area contributed by atoms with Crippen LogP contribution in [-0.2, 0) is 34.1 Å². The van der Waals surface area contributed by atoms with Gasteiger partial charge in [0.15, 0.2) is 0 Å². The summed E-state index contributed by atoms with van der Waals surface area (Å²) in [6.45, 7) is 0.718. The maximum absolute atomic E-state index is 12.3. The standard InChI is InChI=1S/C19H22N4O2S/c24-17(20-9-8-13-4-2-1-3-5-13)10-23-18(21-19(25)14-6-7-14)15-11-26-12-16(15)22-23/h1-5,14H,6-12H2,(H,20,24)(H,21,25). The molecule has 6 nitrogen and oxygen atoms in total. The number of aromatic nitrogens is 2. The summed E-state index contributed by atoms with van der Waals surface area (Å²) >= 11 is 1.79. The molecule has 4 rings (SSSR count). The third-order valence-corrected chi connectivity index (χ3v) is 5.65. The minimum absolute atomic E-state index is 0.0512. The van der Waals surface area contributed by atoms with Gasteiger partial charge in [-0.3, -0.25) is 9.59 Å². The zero-order chi connectivity index (χ0) is 17.9. The second kappa shape index (κ2) is 7.53. The SMILES string of the molecule is O=C(Cn1nc2c(c1NC(=O)C1CC1)CSC2)NCCc1ccccc1. The van der Waals surface area contributed by atoms with Crippen molar-refractivity contribution in [2.24, 2.45) is 5.92 Å². The van der Waals surface area contributed by atoms with E-state index in [1.807, 2.05) is 30.3 Å². The van der Waals surface area contributed by atoms with Crippen LogP contribution in [0.5, 0.6) is 0 Å². The number of nitrogens with one attached hydrogen (secondary N) is 2. The van der Waals surface area contributed by atoms with Gasteiger partial charge in [-0.2, -0.15) is 16.9 Å². The molecule has 1 aliphatic carbocycles. The Bertz CT molecular complexity index is 814. The molecule has 1 aromatic heterocycles. The highest BCUT2D eigenvalue weighted by Gasteiger charge is 2.32. The molecular weight excluding hydrogens is 348 g/mol. The summed E-state index contributed by atoms with van der Waals surface area (Å²) in [6, 6.07) is 10.1. The Kier molecular flexibility index (Phi) is 4.97. The average molecular weight is 370 g/mol. The van der Waals surface area contributed by atoms with Crippen molar-refractivity contribution in [1.29, 1.82) is 0 Å². The second-order valence-corrected chi connectivity index (χ2v) is 7.76. The normalized spacial score (nSPS) is 15.5. The minimum Gasteiger partial charge on any atom is -0.354 e. The first kappa shape index (κ1) is 17.1. The van der Waals surface area contributed by atoms with Crippen molar-refractivity contribution in [3.8, 4) is 0 Å². The van der Waals surface area contributed by atoms with Gasteiger partial charge in [-0.25, -0.2) is 4.68 Å². The summed E-state index contributed by atoms with van der Waals surface area (Å²) < 4.78 is 1.66. The highest BCUT2D eigenvalue weighted by atomic mass is 32.2. The smallest absolute Gasteiger partial charge is 0.241 e. The van der Waals surface area contributed by atoms with E-state index in [0.717, 1.165) is 42.0 Å². The topological polar surface area (TPSA) is 76.0 Å². The molecule has 0 radical (unpaired) electrons. The van der Waals surface area contributed by atoms with Crippen LogP contribution in [0.1, 0.15) is 29.7 Å². The van der Waals surface area contributed by atoms with Crippen molar-refractivity contribution in [2.45, 2.75) is 37.3 Å². The van der Waals surface area contributed by atoms with Crippen molar-refractivity contribution in [3.63, 3.8) is 0 Å². The maximum Gasteiger partial charge on any atom is 0.241 e. The Labute approximate surface area is 156 Å². The van der Waals surface area contributed by atoms with Crippen LogP contribution >= 0.6 is 11.8 Å². The van der Waals surface area contributed by atoms with E-state index in [1.165, 1.54) is 5.56 Å². The first-order valence-corrected chi connectivity index (χ1v) is 10.1. The van der Waals surface area contributed by atoms with E-state index >= 15 is 0 Å². The molecule has 7 heteroatoms. The zero-order valence-electron chi connectivity index (χ0n) is 14.5. The highest BCUT2D eigenvalue weighted by Crippen LogP contribution is 2.36. The molecule has 2 amide bonds. The number of carbonyl (C=O) groups is 2. The quantitative estimate of drug-likeness (QED) is 0.784. The van der Waals surface area contributed by atoms with E-state index in [1.54, 1.807) is 16.4 Å². The van der Waals surface area contributed by atoms with Gasteiger partial charge in [-0.05, 0) is 24.8 Å². The van der Waals surface area contributed by atoms with Crippen LogP contribution < -0.4 is 10.6 Å². The number of rotatable bonds is 7. The number of benzene rings is 1. The lowest BCUT2D eigenvalue weighted by molar-refractivity contribution is -0.122. The number of fused-ring (bicyclic) bond motifs is 1. The molecule has 136 valence electrons. The van der Waals surface area contributed by atoms with E-state index in [-0.39, 0.29) is 24.3 Å². The van der Waals surface area contributed by atoms with E-state index < -0.39 is 0 Å². The number of hydrogen-bond acceptors (Lipinski definition) is 4. The molecule has 2 aromatic rings. The Morgan fingerprint density at radius 3 is 2.77 bits per heavy atom. The van der Waals surface area contributed by atoms with Crippen molar-refractivity contribution >= 4 is 29.4 Å². The van der Waals surface area contributed by atoms with Gasteiger partial charge in [-0.15, -0.1) is 0 Å². The predicted molar refractivity (Wildman–Crippen MR) is 102 cm³/mol. The van der Waals surface area contributed by atoms with E-state index in [0.29, 0.717) is 12.4 Å². The molecule has 1 fully saturated rings. The summed E-state index contributed by atoms with van der Waals surface area (Å²) in [5.41, 5.74) is 3.25. The predicted octanol–water partition coefficient (Wildman–Crippen LogP) is 2.34. The third kappa shape index (κ3) is 3.93. The Morgan fingerprint density at radius 1 is 1.19 bits per heavy atom. The molecule has 0 bridgehead atoms. The fraction of sp³-hybridized carbons (Fsp3) is 0.421. The zero-order valence-corrected chi connectivity index (χ0v) is 15.3. The van der Waals surface area contributed by atoms with Crippen LogP contribution in [0.4, 0.5) is 5.82 Å². The van der Waals surface area contributed by atoms with Gasteiger partial charge < -0.3 is 10.6 Å². The van der Waals surface area contributed by atoms with Crippen molar-refractivity contribution in [1.82, 2.24) is 15.1 Å². The summed E-state index contributed by atoms with van der Waals surface area (Å²) in [5, 5.41) is 10.5. The third-order valence-electron chi connectivity index (χ3n) is 4.68. The lowest BCUT2D eigenvalue weighted by Gasteiger charge is -2.11. The van der Waals surface area contributed by atoms with Gasteiger partial charge in [0, 0.05) is 29.5 Å². The van der Waals surface area contributed by atoms with Crippen molar-refractivity contribution in [3.05, 3.63) is 47.2 Å². The number of hydrogen-bond donors (Lipinski definition) is 2. The van der Waals surface area contributed by atoms with Crippen LogP contribution in [0.25, 0.3) is 0 Å². The molecule has 26 heavy (non-hydrogen) atoms. The van der Waals surface area contributed by atoms with Gasteiger partial charge in [0.2, 0.25) is 11.8 Å². The Morgan fingerprint density at radius 2 is 2.00 bits per heavy atom. The Balaban J connectivity index is 1.37. The molecule has 0 saturated heterocycles. The average Bonchev–Trinajstić information content (AvgIpc) is 3.32. The molecule has 0 atom stereocenters. The van der Waals surface area contributed by atoms with Crippen molar-refractivity contribution in [2.75, 3.05) is 11.9 Å². The lowest BCUT2D eigenvalue weighted by atomic mass is 10.1. The molecule has 0 unspecified atom stereocenters. The number of thioether (sulfide) groups is 1. The number of carbonyl (C=O) groups excluding carboxylic acids is 2. The van der Waals surface area contributed by atoms with Gasteiger partial charge >= 0.3 is 0 Å². The molecule has 0 spiro atoms. The largest absolute Gasteiger partial charge is 0.354 e. The summed E-state index contributed by atoms with van der Waals surface area (Å²) in [6.07, 6.45) is 2.71. The van der Waals surface area contributed by atoms with E-state index in [2.05, 4.69) is 15.7 Å². The van der Waals surface area contributed by atoms with Gasteiger partial charge in [0.05, 0.1) is 5.69 Å². The molecule has 1 aliphatic heterocycles. The molecule has 2 aliphatic rings. The number of anilines is 1. The summed E-state index contributed by atoms with van der Waals surface area (Å²) in [4.78, 5) is 24.5. The van der Waals surface area contributed by atoms with Crippen LogP contribution in [0.2, 0.25) is 0 Å². The van der Waals surface area contributed by atoms with Crippen LogP contribution in [0.3, 0.4) is 0 Å². The maximum atomic E-state index is 12.3. The first-order chi connectivity index (χ1) is 12.7. The molecule has 2 N–H and O–H groups in total. The van der Waals surface area contributed by atoms with E-state index in [9.17, 15) is 9.59 Å². The fourth-order valence-corrected chi connectivity index (χ4v) is 4.10. The molecular formula is C19H22N4O2S. The van der Waals surface area contributed by atoms with Crippen LogP contribution in [0, 0.1) is 5.92 Å². The summed E-state index contributed by atoms with van der Waals surface area (Å²) in [7, 11) is 0. The van der Waals surface area contributed by atoms with Crippen molar-refractivity contribution < 1.29 is 9.59 Å². The summed E-state index contributed by atoms with van der Waals surface area (Å²) in [5.74, 6) is 2.48. The van der Waals surface area contributed by atoms with Crippen LogP contribution in [-0.4, -0.2) is 28.1 Å². The number of amides is 2. The Hall–Kier alpha value is -2.28. The minimum atomic E-state index is -0.0864. The van der Waals surface area contributed by atoms with Gasteiger partial charge in [0.25, 0.3) is 0 Å². The van der Waals surface area contributed by atoms with Gasteiger partial charge in [-0.1, -0.05) is 30.3 Å². The highest BCUT2D eigenvalue weighted by molar-refractivity contribution is 7.98. The van der Waals surface area contributed by atoms with Gasteiger partial charge in [0.1, 0.15) is 12.4 Å². The first-order valence-electron chi connectivity index (χ1n) is 8.98. The second-order valence-electron chi connectivity index (χ2n) is 6.77. The fourth-order valence-electron chi connectivity index (χ4n) is 3.07. The van der Waals surface area contributed by atoms with E-state index in [4.69, 9.17) is 0 Å². The van der Waals surface area contributed by atoms with Crippen LogP contribution in [0.15, 0.2) is 30.3 Å².